The summed E-state index contributed by atoms with van der Waals surface area (Å²) in [6, 6.07) is 18.7. The van der Waals surface area contributed by atoms with E-state index in [9.17, 15) is 4.79 Å². The lowest BCUT2D eigenvalue weighted by Crippen LogP contribution is -2.41. The Hall–Kier alpha value is -2.29. The number of hydrogen-bond donors (Lipinski definition) is 0. The number of amides is 1. The molecule has 2 aromatic rings. The molecule has 1 heterocycles. The van der Waals surface area contributed by atoms with Crippen molar-refractivity contribution in [1.82, 2.24) is 4.90 Å². The normalized spacial score (nSPS) is 15.6. The van der Waals surface area contributed by atoms with E-state index in [0.717, 1.165) is 38.1 Å². The smallest absolute Gasteiger partial charge is 0.260 e. The third-order valence-corrected chi connectivity index (χ3v) is 5.42. The van der Waals surface area contributed by atoms with Gasteiger partial charge in [-0.3, -0.25) is 4.79 Å². The second kappa shape index (κ2) is 8.60. The first-order chi connectivity index (χ1) is 12.9. The van der Waals surface area contributed by atoms with Crippen molar-refractivity contribution in [3.63, 3.8) is 0 Å². The van der Waals surface area contributed by atoms with E-state index in [2.05, 4.69) is 63.2 Å². The van der Waals surface area contributed by atoms with Crippen molar-refractivity contribution in [3.8, 4) is 5.75 Å². The molecule has 1 amide bonds. The first-order valence-electron chi connectivity index (χ1n) is 9.97. The zero-order chi connectivity index (χ0) is 19.3. The van der Waals surface area contributed by atoms with Gasteiger partial charge in [-0.1, -0.05) is 63.2 Å². The van der Waals surface area contributed by atoms with Gasteiger partial charge in [-0.2, -0.15) is 0 Å². The first-order valence-corrected chi connectivity index (χ1v) is 9.97. The lowest BCUT2D eigenvalue weighted by molar-refractivity contribution is -0.134. The number of benzene rings is 2. The average Bonchev–Trinajstić information content (AvgIpc) is 2.67. The van der Waals surface area contributed by atoms with Crippen molar-refractivity contribution >= 4 is 5.91 Å². The monoisotopic (exact) mass is 365 g/mol. The van der Waals surface area contributed by atoms with Crippen LogP contribution in [0, 0.1) is 5.92 Å². The van der Waals surface area contributed by atoms with Crippen molar-refractivity contribution in [3.05, 3.63) is 65.7 Å². The average molecular weight is 366 g/mol. The number of nitrogens with zero attached hydrogens (tertiary/aromatic N) is 1. The molecule has 1 aliphatic heterocycles. The van der Waals surface area contributed by atoms with E-state index < -0.39 is 0 Å². The largest absolute Gasteiger partial charge is 0.484 e. The van der Waals surface area contributed by atoms with Gasteiger partial charge in [0.25, 0.3) is 5.91 Å². The van der Waals surface area contributed by atoms with E-state index >= 15 is 0 Å². The summed E-state index contributed by atoms with van der Waals surface area (Å²) in [5.41, 5.74) is 2.78. The maximum atomic E-state index is 12.5. The Morgan fingerprint density at radius 2 is 1.63 bits per heavy atom. The van der Waals surface area contributed by atoms with Crippen LogP contribution in [0.5, 0.6) is 5.75 Å². The van der Waals surface area contributed by atoms with Crippen LogP contribution in [0.25, 0.3) is 0 Å². The Balaban J connectivity index is 1.43. The fourth-order valence-electron chi connectivity index (χ4n) is 3.62. The number of carbonyl (C=O) groups excluding carboxylic acids is 1. The Labute approximate surface area is 163 Å². The van der Waals surface area contributed by atoms with Gasteiger partial charge in [0.15, 0.2) is 6.61 Å². The number of rotatable bonds is 5. The number of likely N-dealkylation sites (tertiary alicyclic amines) is 1. The molecule has 0 spiro atoms. The van der Waals surface area contributed by atoms with E-state index in [1.165, 1.54) is 11.1 Å². The SMILES string of the molecule is CC(C)(C)c1ccc(OCC(=O)N2CCC(Cc3ccccc3)CC2)cc1. The molecule has 0 bridgehead atoms. The molecule has 3 nitrogen and oxygen atoms in total. The topological polar surface area (TPSA) is 29.5 Å². The van der Waals surface area contributed by atoms with Crippen LogP contribution >= 0.6 is 0 Å². The van der Waals surface area contributed by atoms with Crippen molar-refractivity contribution in [2.24, 2.45) is 5.92 Å². The van der Waals surface area contributed by atoms with Crippen LogP contribution in [0.15, 0.2) is 54.6 Å². The van der Waals surface area contributed by atoms with Gasteiger partial charge in [0.05, 0.1) is 0 Å². The third-order valence-electron chi connectivity index (χ3n) is 5.42. The molecule has 0 aliphatic carbocycles. The summed E-state index contributed by atoms with van der Waals surface area (Å²) in [6.45, 7) is 8.36. The highest BCUT2D eigenvalue weighted by molar-refractivity contribution is 5.77. The van der Waals surface area contributed by atoms with Crippen LogP contribution in [0.3, 0.4) is 0 Å². The standard InChI is InChI=1S/C24H31NO2/c1-24(2,3)21-9-11-22(12-10-21)27-18-23(26)25-15-13-20(14-16-25)17-19-7-5-4-6-8-19/h4-12,20H,13-18H2,1-3H3. The van der Waals surface area contributed by atoms with Gasteiger partial charge in [-0.15, -0.1) is 0 Å². The fourth-order valence-corrected chi connectivity index (χ4v) is 3.62. The van der Waals surface area contributed by atoms with Crippen LogP contribution in [0.2, 0.25) is 0 Å². The summed E-state index contributed by atoms with van der Waals surface area (Å²) in [7, 11) is 0. The van der Waals surface area contributed by atoms with E-state index in [-0.39, 0.29) is 17.9 Å². The molecular weight excluding hydrogens is 334 g/mol. The van der Waals surface area contributed by atoms with Crippen LogP contribution in [0.4, 0.5) is 0 Å². The zero-order valence-corrected chi connectivity index (χ0v) is 16.8. The minimum absolute atomic E-state index is 0.0908. The molecule has 0 N–H and O–H groups in total. The molecule has 3 rings (SSSR count). The van der Waals surface area contributed by atoms with Gasteiger partial charge < -0.3 is 9.64 Å². The number of piperidine rings is 1. The molecule has 27 heavy (non-hydrogen) atoms. The zero-order valence-electron chi connectivity index (χ0n) is 16.8. The molecule has 1 saturated heterocycles. The Bertz CT molecular complexity index is 723. The predicted molar refractivity (Wildman–Crippen MR) is 110 cm³/mol. The highest BCUT2D eigenvalue weighted by Crippen LogP contribution is 2.25. The predicted octanol–water partition coefficient (Wildman–Crippen LogP) is 4.84. The van der Waals surface area contributed by atoms with Gasteiger partial charge in [-0.05, 0) is 53.9 Å². The summed E-state index contributed by atoms with van der Waals surface area (Å²) in [5.74, 6) is 1.52. The van der Waals surface area contributed by atoms with Gasteiger partial charge in [0.1, 0.15) is 5.75 Å². The quantitative estimate of drug-likeness (QED) is 0.758. The lowest BCUT2D eigenvalue weighted by atomic mass is 9.87. The molecule has 144 valence electrons. The minimum Gasteiger partial charge on any atom is -0.484 e. The lowest BCUT2D eigenvalue weighted by Gasteiger charge is -2.32. The van der Waals surface area contributed by atoms with Crippen molar-refractivity contribution in [2.75, 3.05) is 19.7 Å². The molecule has 1 fully saturated rings. The Kier molecular flexibility index (Phi) is 6.20. The number of hydrogen-bond acceptors (Lipinski definition) is 2. The second-order valence-corrected chi connectivity index (χ2v) is 8.58. The van der Waals surface area contributed by atoms with Gasteiger partial charge in [0.2, 0.25) is 0 Å². The second-order valence-electron chi connectivity index (χ2n) is 8.58. The van der Waals surface area contributed by atoms with Gasteiger partial charge in [-0.25, -0.2) is 0 Å². The Morgan fingerprint density at radius 3 is 2.22 bits per heavy atom. The maximum Gasteiger partial charge on any atom is 0.260 e. The molecule has 3 heteroatoms. The summed E-state index contributed by atoms with van der Waals surface area (Å²) in [5, 5.41) is 0. The van der Waals surface area contributed by atoms with Crippen molar-refractivity contribution in [2.45, 2.75) is 45.4 Å². The van der Waals surface area contributed by atoms with E-state index in [0.29, 0.717) is 5.92 Å². The third kappa shape index (κ3) is 5.59. The van der Waals surface area contributed by atoms with E-state index in [1.807, 2.05) is 17.0 Å². The molecule has 2 aromatic carbocycles. The molecule has 0 unspecified atom stereocenters. The van der Waals surface area contributed by atoms with Crippen molar-refractivity contribution < 1.29 is 9.53 Å². The minimum atomic E-state index is 0.0908. The fraction of sp³-hybridized carbons (Fsp3) is 0.458. The summed E-state index contributed by atoms with van der Waals surface area (Å²) >= 11 is 0. The van der Waals surface area contributed by atoms with Crippen LogP contribution in [-0.2, 0) is 16.6 Å². The van der Waals surface area contributed by atoms with E-state index in [1.54, 1.807) is 0 Å². The highest BCUT2D eigenvalue weighted by Gasteiger charge is 2.23. The maximum absolute atomic E-state index is 12.5. The van der Waals surface area contributed by atoms with Crippen molar-refractivity contribution in [1.29, 1.82) is 0 Å². The van der Waals surface area contributed by atoms with Crippen LogP contribution < -0.4 is 4.74 Å². The van der Waals surface area contributed by atoms with E-state index in [4.69, 9.17) is 4.74 Å². The number of ether oxygens (including phenoxy) is 1. The molecule has 0 saturated carbocycles. The Morgan fingerprint density at radius 1 is 1.00 bits per heavy atom. The summed E-state index contributed by atoms with van der Waals surface area (Å²) in [4.78, 5) is 14.4. The molecule has 0 atom stereocenters. The first kappa shape index (κ1) is 19.5. The van der Waals surface area contributed by atoms with Crippen LogP contribution in [0.1, 0.15) is 44.7 Å². The van der Waals surface area contributed by atoms with Gasteiger partial charge in [0, 0.05) is 13.1 Å². The molecule has 0 radical (unpaired) electrons. The molecule has 0 aromatic heterocycles. The summed E-state index contributed by atoms with van der Waals surface area (Å²) in [6.07, 6.45) is 3.25. The molecule has 1 aliphatic rings. The summed E-state index contributed by atoms with van der Waals surface area (Å²) < 4.78 is 5.72. The van der Waals surface area contributed by atoms with Crippen LogP contribution in [-0.4, -0.2) is 30.5 Å². The van der Waals surface area contributed by atoms with Gasteiger partial charge >= 0.3 is 0 Å². The molecular formula is C24H31NO2. The highest BCUT2D eigenvalue weighted by atomic mass is 16.5. The number of carbonyl (C=O) groups is 1.